The predicted octanol–water partition coefficient (Wildman–Crippen LogP) is 3.15. The Morgan fingerprint density at radius 3 is 2.42 bits per heavy atom. The molecule has 2 rings (SSSR count). The van der Waals surface area contributed by atoms with Gasteiger partial charge >= 0.3 is 6.18 Å². The molecular formula is C11H12Cl2F4N2. The summed E-state index contributed by atoms with van der Waals surface area (Å²) in [5, 5.41) is 5.47. The lowest BCUT2D eigenvalue weighted by molar-refractivity contribution is -0.138. The summed E-state index contributed by atoms with van der Waals surface area (Å²) in [5.41, 5.74) is -1.40. The predicted molar refractivity (Wildman–Crippen MR) is 67.3 cm³/mol. The number of piperazine rings is 1. The second kappa shape index (κ2) is 6.26. The summed E-state index contributed by atoms with van der Waals surface area (Å²) in [6.07, 6.45) is -4.60. The van der Waals surface area contributed by atoms with Crippen LogP contribution < -0.4 is 10.6 Å². The SMILES string of the molecule is Cl.Fc1c(Cl)ccc(C(F)(F)F)c1[C@H]1CNCCN1. The van der Waals surface area contributed by atoms with Crippen molar-refractivity contribution in [2.45, 2.75) is 12.2 Å². The molecular weight excluding hydrogens is 307 g/mol. The molecule has 1 heterocycles. The topological polar surface area (TPSA) is 24.1 Å². The Balaban J connectivity index is 0.00000180. The molecule has 2 nitrogen and oxygen atoms in total. The fourth-order valence-corrected chi connectivity index (χ4v) is 2.18. The van der Waals surface area contributed by atoms with Crippen LogP contribution in [-0.4, -0.2) is 19.6 Å². The number of halogens is 6. The van der Waals surface area contributed by atoms with Crippen LogP contribution in [0.2, 0.25) is 5.02 Å². The highest BCUT2D eigenvalue weighted by atomic mass is 35.5. The maximum absolute atomic E-state index is 13.9. The van der Waals surface area contributed by atoms with Crippen LogP contribution in [0.5, 0.6) is 0 Å². The summed E-state index contributed by atoms with van der Waals surface area (Å²) in [4.78, 5) is 0. The lowest BCUT2D eigenvalue weighted by Gasteiger charge is -2.27. The van der Waals surface area contributed by atoms with Gasteiger partial charge < -0.3 is 10.6 Å². The standard InChI is InChI=1S/C11H11ClF4N2.ClH/c12-7-2-1-6(11(14,15)16)9(10(7)13)8-5-17-3-4-18-8;/h1-2,8,17-18H,3-5H2;1H/t8-;/m1./s1. The maximum Gasteiger partial charge on any atom is 0.416 e. The van der Waals surface area contributed by atoms with E-state index < -0.39 is 29.2 Å². The van der Waals surface area contributed by atoms with Gasteiger partial charge in [-0.1, -0.05) is 11.6 Å². The molecule has 0 bridgehead atoms. The van der Waals surface area contributed by atoms with E-state index in [2.05, 4.69) is 10.6 Å². The summed E-state index contributed by atoms with van der Waals surface area (Å²) in [5.74, 6) is -1.01. The van der Waals surface area contributed by atoms with Crippen molar-refractivity contribution < 1.29 is 17.6 Å². The van der Waals surface area contributed by atoms with Crippen LogP contribution in [0.3, 0.4) is 0 Å². The van der Waals surface area contributed by atoms with Crippen LogP contribution in [0.4, 0.5) is 17.6 Å². The van der Waals surface area contributed by atoms with E-state index in [1.165, 1.54) is 0 Å². The van der Waals surface area contributed by atoms with Gasteiger partial charge in [0.15, 0.2) is 0 Å². The Hall–Kier alpha value is -0.560. The molecule has 108 valence electrons. The van der Waals surface area contributed by atoms with Gasteiger partial charge in [-0.15, -0.1) is 12.4 Å². The third-order valence-electron chi connectivity index (χ3n) is 2.83. The molecule has 0 aromatic heterocycles. The van der Waals surface area contributed by atoms with Crippen LogP contribution >= 0.6 is 24.0 Å². The molecule has 1 aromatic rings. The highest BCUT2D eigenvalue weighted by molar-refractivity contribution is 6.30. The van der Waals surface area contributed by atoms with E-state index in [0.29, 0.717) is 13.1 Å². The first kappa shape index (κ1) is 16.5. The van der Waals surface area contributed by atoms with Gasteiger partial charge in [0.2, 0.25) is 0 Å². The minimum absolute atomic E-state index is 0. The highest BCUT2D eigenvalue weighted by Crippen LogP contribution is 2.38. The minimum Gasteiger partial charge on any atom is -0.314 e. The third-order valence-corrected chi connectivity index (χ3v) is 3.12. The molecule has 1 aromatic carbocycles. The molecule has 1 atom stereocenters. The molecule has 19 heavy (non-hydrogen) atoms. The number of hydrogen-bond acceptors (Lipinski definition) is 2. The number of alkyl halides is 3. The van der Waals surface area contributed by atoms with Crippen LogP contribution in [0.1, 0.15) is 17.2 Å². The second-order valence-corrected chi connectivity index (χ2v) is 4.44. The first-order valence-electron chi connectivity index (χ1n) is 5.40. The molecule has 1 aliphatic rings. The Bertz CT molecular complexity index is 445. The van der Waals surface area contributed by atoms with E-state index in [-0.39, 0.29) is 24.0 Å². The average molecular weight is 319 g/mol. The molecule has 1 saturated heterocycles. The Labute approximate surface area is 118 Å². The first-order chi connectivity index (χ1) is 8.41. The lowest BCUT2D eigenvalue weighted by atomic mass is 9.98. The molecule has 0 amide bonds. The van der Waals surface area contributed by atoms with E-state index in [0.717, 1.165) is 12.1 Å². The first-order valence-corrected chi connectivity index (χ1v) is 5.78. The second-order valence-electron chi connectivity index (χ2n) is 4.03. The number of rotatable bonds is 1. The largest absolute Gasteiger partial charge is 0.416 e. The third kappa shape index (κ3) is 3.51. The van der Waals surface area contributed by atoms with E-state index >= 15 is 0 Å². The van der Waals surface area contributed by atoms with Crippen LogP contribution in [0, 0.1) is 5.82 Å². The number of hydrogen-bond donors (Lipinski definition) is 2. The maximum atomic E-state index is 13.9. The zero-order chi connectivity index (χ0) is 13.3. The van der Waals surface area contributed by atoms with Crippen molar-refractivity contribution in [3.63, 3.8) is 0 Å². The van der Waals surface area contributed by atoms with Gasteiger partial charge in [-0.3, -0.25) is 0 Å². The van der Waals surface area contributed by atoms with Gasteiger partial charge in [0, 0.05) is 31.2 Å². The zero-order valence-corrected chi connectivity index (χ0v) is 11.2. The van der Waals surface area contributed by atoms with Crippen molar-refractivity contribution in [1.29, 1.82) is 0 Å². The summed E-state index contributed by atoms with van der Waals surface area (Å²) < 4.78 is 52.4. The summed E-state index contributed by atoms with van der Waals surface area (Å²) in [7, 11) is 0. The van der Waals surface area contributed by atoms with E-state index in [9.17, 15) is 17.6 Å². The molecule has 0 aliphatic carbocycles. The lowest BCUT2D eigenvalue weighted by Crippen LogP contribution is -2.43. The van der Waals surface area contributed by atoms with Crippen LogP contribution in [0.15, 0.2) is 12.1 Å². The van der Waals surface area contributed by atoms with Gasteiger partial charge in [-0.25, -0.2) is 4.39 Å². The van der Waals surface area contributed by atoms with Crippen molar-refractivity contribution in [2.75, 3.05) is 19.6 Å². The van der Waals surface area contributed by atoms with Crippen LogP contribution in [0.25, 0.3) is 0 Å². The average Bonchev–Trinajstić information content (AvgIpc) is 2.32. The molecule has 1 aliphatic heterocycles. The molecule has 0 spiro atoms. The van der Waals surface area contributed by atoms with Crippen molar-refractivity contribution >= 4 is 24.0 Å². The normalized spacial score (nSPS) is 19.9. The van der Waals surface area contributed by atoms with Gasteiger partial charge in [-0.05, 0) is 12.1 Å². The van der Waals surface area contributed by atoms with E-state index in [4.69, 9.17) is 11.6 Å². The van der Waals surface area contributed by atoms with Gasteiger partial charge in [0.1, 0.15) is 5.82 Å². The molecule has 2 N–H and O–H groups in total. The van der Waals surface area contributed by atoms with Crippen molar-refractivity contribution in [3.8, 4) is 0 Å². The number of benzene rings is 1. The summed E-state index contributed by atoms with van der Waals surface area (Å²) in [6, 6.07) is 1.02. The van der Waals surface area contributed by atoms with Crippen molar-refractivity contribution in [2.24, 2.45) is 0 Å². The van der Waals surface area contributed by atoms with E-state index in [1.807, 2.05) is 0 Å². The molecule has 0 unspecified atom stereocenters. The summed E-state index contributed by atoms with van der Waals surface area (Å²) >= 11 is 5.56. The van der Waals surface area contributed by atoms with Crippen molar-refractivity contribution in [1.82, 2.24) is 10.6 Å². The molecule has 8 heteroatoms. The van der Waals surface area contributed by atoms with E-state index in [1.54, 1.807) is 0 Å². The monoisotopic (exact) mass is 318 g/mol. The minimum atomic E-state index is -4.60. The number of nitrogens with one attached hydrogen (secondary N) is 2. The molecule has 1 fully saturated rings. The van der Waals surface area contributed by atoms with Gasteiger partial charge in [0.05, 0.1) is 10.6 Å². The Kier molecular flexibility index (Phi) is 5.43. The Morgan fingerprint density at radius 2 is 1.89 bits per heavy atom. The Morgan fingerprint density at radius 1 is 1.21 bits per heavy atom. The van der Waals surface area contributed by atoms with Crippen LogP contribution in [-0.2, 0) is 6.18 Å². The van der Waals surface area contributed by atoms with Gasteiger partial charge in [-0.2, -0.15) is 13.2 Å². The quantitative estimate of drug-likeness (QED) is 0.777. The molecule has 0 saturated carbocycles. The molecule has 0 radical (unpaired) electrons. The van der Waals surface area contributed by atoms with Crippen molar-refractivity contribution in [3.05, 3.63) is 34.1 Å². The smallest absolute Gasteiger partial charge is 0.314 e. The fraction of sp³-hybridized carbons (Fsp3) is 0.455. The summed E-state index contributed by atoms with van der Waals surface area (Å²) in [6.45, 7) is 1.36. The fourth-order valence-electron chi connectivity index (χ4n) is 2.01. The highest BCUT2D eigenvalue weighted by Gasteiger charge is 2.37. The zero-order valence-electron chi connectivity index (χ0n) is 9.65. The van der Waals surface area contributed by atoms with Gasteiger partial charge in [0.25, 0.3) is 0 Å².